The van der Waals surface area contributed by atoms with Crippen LogP contribution in [-0.2, 0) is 48.7 Å². The van der Waals surface area contributed by atoms with Crippen LogP contribution in [0.1, 0.15) is 38.7 Å². The van der Waals surface area contributed by atoms with E-state index in [-0.39, 0.29) is 51.0 Å². The number of carbonyl (C=O) groups excluding carboxylic acids is 3. The summed E-state index contributed by atoms with van der Waals surface area (Å²) in [4.78, 5) is 61.1. The molecule has 1 aromatic heterocycles. The van der Waals surface area contributed by atoms with Crippen LogP contribution in [0.4, 0.5) is 0 Å². The number of nitrogens with one attached hydrogen (secondary N) is 4. The Morgan fingerprint density at radius 1 is 1.05 bits per heavy atom. The molecule has 0 spiro atoms. The third-order valence-corrected chi connectivity index (χ3v) is 7.20. The van der Waals surface area contributed by atoms with Crippen LogP contribution in [0.25, 0.3) is 10.9 Å². The van der Waals surface area contributed by atoms with Gasteiger partial charge in [-0.1, -0.05) is 18.2 Å². The number of H-pyrrole nitrogens is 1. The van der Waals surface area contributed by atoms with Gasteiger partial charge in [0.1, 0.15) is 6.04 Å². The summed E-state index contributed by atoms with van der Waals surface area (Å²) >= 11 is 0. The van der Waals surface area contributed by atoms with E-state index in [1.54, 1.807) is 13.3 Å². The standard InChI is InChI=1S/C27H41N4O11P/c1-18(39-3)10-12-40-16-21(30-19(2)32)17-42-43(37,38)41-13-11-28-27(36)24(8-9-26(34)35)31-25(33)14-20-15-29-23-7-5-4-6-22(20)23/h4-7,15,18,21,24,29H,8-14,16-17H2,1-3H3,(H,28,36)(H,30,32)(H,31,33)(H,34,35)(H,37,38)/t18-,21-,24+/m1/s1. The quantitative estimate of drug-likeness (QED) is 0.0855. The molecule has 0 fully saturated rings. The van der Waals surface area contributed by atoms with Gasteiger partial charge in [0, 0.05) is 50.7 Å². The molecule has 0 saturated carbocycles. The molecule has 0 saturated heterocycles. The summed E-state index contributed by atoms with van der Waals surface area (Å²) in [6.07, 6.45) is 1.72. The molecular weight excluding hydrogens is 587 g/mol. The fourth-order valence-electron chi connectivity index (χ4n) is 3.92. The number of hydrogen-bond donors (Lipinski definition) is 6. The summed E-state index contributed by atoms with van der Waals surface area (Å²) < 4.78 is 32.8. The molecule has 1 heterocycles. The summed E-state index contributed by atoms with van der Waals surface area (Å²) in [5.74, 6) is -2.69. The number of para-hydroxylation sites is 1. The van der Waals surface area contributed by atoms with Gasteiger partial charge in [0.05, 0.1) is 38.4 Å². The fourth-order valence-corrected chi connectivity index (χ4v) is 4.69. The first-order valence-corrected chi connectivity index (χ1v) is 15.2. The normalized spacial score (nSPS) is 14.8. The average molecular weight is 629 g/mol. The number of phosphoric ester groups is 1. The van der Waals surface area contributed by atoms with E-state index in [1.165, 1.54) is 6.92 Å². The van der Waals surface area contributed by atoms with Gasteiger partial charge < -0.3 is 40.4 Å². The highest BCUT2D eigenvalue weighted by atomic mass is 31.2. The number of carboxylic acids is 1. The Morgan fingerprint density at radius 2 is 1.79 bits per heavy atom. The predicted molar refractivity (Wildman–Crippen MR) is 155 cm³/mol. The number of benzene rings is 1. The van der Waals surface area contributed by atoms with E-state index in [9.17, 15) is 28.6 Å². The first-order chi connectivity index (χ1) is 20.4. The molecule has 2 rings (SSSR count). The molecule has 240 valence electrons. The topological polar surface area (TPSA) is 215 Å². The number of methoxy groups -OCH3 is 1. The minimum atomic E-state index is -4.56. The first kappa shape index (κ1) is 35.9. The lowest BCUT2D eigenvalue weighted by molar-refractivity contribution is -0.138. The number of amides is 3. The van der Waals surface area contributed by atoms with E-state index in [0.717, 1.165) is 10.9 Å². The largest absolute Gasteiger partial charge is 0.481 e. The molecule has 0 aliphatic carbocycles. The van der Waals surface area contributed by atoms with Crippen molar-refractivity contribution in [2.45, 2.75) is 57.7 Å². The van der Waals surface area contributed by atoms with Gasteiger partial charge in [-0.2, -0.15) is 0 Å². The number of aliphatic carboxylic acids is 1. The Hall–Kier alpha value is -3.33. The minimum absolute atomic E-state index is 0.0176. The van der Waals surface area contributed by atoms with Gasteiger partial charge in [-0.3, -0.25) is 28.2 Å². The number of aromatic nitrogens is 1. The highest BCUT2D eigenvalue weighted by Gasteiger charge is 2.25. The molecule has 0 aliphatic rings. The summed E-state index contributed by atoms with van der Waals surface area (Å²) in [5, 5.41) is 17.5. The second-order valence-corrected chi connectivity index (χ2v) is 11.2. The van der Waals surface area contributed by atoms with E-state index in [2.05, 4.69) is 20.9 Å². The van der Waals surface area contributed by atoms with Crippen LogP contribution in [-0.4, -0.2) is 96.9 Å². The van der Waals surface area contributed by atoms with Crippen molar-refractivity contribution in [3.63, 3.8) is 0 Å². The van der Waals surface area contributed by atoms with Crippen LogP contribution in [0.15, 0.2) is 30.5 Å². The van der Waals surface area contributed by atoms with Crippen LogP contribution >= 0.6 is 7.82 Å². The number of fused-ring (bicyclic) bond motifs is 1. The number of hydrogen-bond acceptors (Lipinski definition) is 9. The number of carbonyl (C=O) groups is 4. The van der Waals surface area contributed by atoms with E-state index < -0.39 is 44.3 Å². The van der Waals surface area contributed by atoms with Gasteiger partial charge in [0.2, 0.25) is 17.7 Å². The van der Waals surface area contributed by atoms with Gasteiger partial charge in [-0.15, -0.1) is 0 Å². The van der Waals surface area contributed by atoms with Gasteiger partial charge >= 0.3 is 13.8 Å². The van der Waals surface area contributed by atoms with E-state index in [0.29, 0.717) is 18.6 Å². The van der Waals surface area contributed by atoms with Crippen LogP contribution in [0.5, 0.6) is 0 Å². The highest BCUT2D eigenvalue weighted by molar-refractivity contribution is 7.47. The molecule has 0 bridgehead atoms. The van der Waals surface area contributed by atoms with Crippen LogP contribution in [0.2, 0.25) is 0 Å². The second-order valence-electron chi connectivity index (χ2n) is 9.78. The minimum Gasteiger partial charge on any atom is -0.481 e. The Balaban J connectivity index is 1.82. The molecule has 4 atom stereocenters. The van der Waals surface area contributed by atoms with Crippen molar-refractivity contribution in [3.05, 3.63) is 36.0 Å². The molecule has 0 aliphatic heterocycles. The number of phosphoric acid groups is 1. The third kappa shape index (κ3) is 14.1. The summed E-state index contributed by atoms with van der Waals surface area (Å²) in [7, 11) is -2.99. The smallest absolute Gasteiger partial charge is 0.472 e. The lowest BCUT2D eigenvalue weighted by Gasteiger charge is -2.21. The lowest BCUT2D eigenvalue weighted by Crippen LogP contribution is -2.48. The zero-order valence-corrected chi connectivity index (χ0v) is 25.4. The average Bonchev–Trinajstić information content (AvgIpc) is 3.36. The van der Waals surface area contributed by atoms with Crippen molar-refractivity contribution in [1.29, 1.82) is 0 Å². The number of carboxylic acid groups (broad SMARTS) is 1. The fraction of sp³-hybridized carbons (Fsp3) is 0.556. The van der Waals surface area contributed by atoms with Gasteiger partial charge in [0.25, 0.3) is 0 Å². The molecule has 1 unspecified atom stereocenters. The van der Waals surface area contributed by atoms with Crippen molar-refractivity contribution in [2.75, 3.05) is 40.1 Å². The maximum atomic E-state index is 12.7. The summed E-state index contributed by atoms with van der Waals surface area (Å²) in [6.45, 7) is 2.49. The maximum absolute atomic E-state index is 12.7. The molecule has 2 aromatic rings. The molecular formula is C27H41N4O11P. The van der Waals surface area contributed by atoms with Crippen molar-refractivity contribution in [3.8, 4) is 0 Å². The van der Waals surface area contributed by atoms with Crippen molar-refractivity contribution in [2.24, 2.45) is 0 Å². The first-order valence-electron chi connectivity index (χ1n) is 13.7. The Kier molecular flexibility index (Phi) is 15.3. The Morgan fingerprint density at radius 3 is 2.49 bits per heavy atom. The van der Waals surface area contributed by atoms with Crippen LogP contribution in [0.3, 0.4) is 0 Å². The van der Waals surface area contributed by atoms with E-state index >= 15 is 0 Å². The van der Waals surface area contributed by atoms with Gasteiger partial charge in [0.15, 0.2) is 0 Å². The second kappa shape index (κ2) is 18.4. The number of rotatable bonds is 21. The van der Waals surface area contributed by atoms with Crippen LogP contribution in [0, 0.1) is 0 Å². The van der Waals surface area contributed by atoms with Crippen molar-refractivity contribution >= 4 is 42.4 Å². The lowest BCUT2D eigenvalue weighted by atomic mass is 10.1. The molecule has 15 nitrogen and oxygen atoms in total. The summed E-state index contributed by atoms with van der Waals surface area (Å²) in [5.41, 5.74) is 1.56. The third-order valence-electron chi connectivity index (χ3n) is 6.22. The number of ether oxygens (including phenoxy) is 2. The molecule has 1 aromatic carbocycles. The molecule has 3 amide bonds. The van der Waals surface area contributed by atoms with E-state index in [1.807, 2.05) is 31.2 Å². The van der Waals surface area contributed by atoms with Gasteiger partial charge in [-0.25, -0.2) is 4.57 Å². The Labute approximate surface area is 249 Å². The summed E-state index contributed by atoms with van der Waals surface area (Å²) in [6, 6.07) is 5.52. The number of aromatic amines is 1. The molecule has 0 radical (unpaired) electrons. The van der Waals surface area contributed by atoms with E-state index in [4.69, 9.17) is 23.6 Å². The SMILES string of the molecule is CO[C@H](C)CCOC[C@H](COP(=O)(O)OCCNC(=O)[C@H](CCC(=O)O)NC(=O)Cc1c[nH]c2ccccc12)NC(C)=O. The molecule has 43 heavy (non-hydrogen) atoms. The maximum Gasteiger partial charge on any atom is 0.472 e. The van der Waals surface area contributed by atoms with Gasteiger partial charge in [-0.05, 0) is 31.4 Å². The predicted octanol–water partition coefficient (Wildman–Crippen LogP) is 1.26. The monoisotopic (exact) mass is 628 g/mol. The zero-order valence-electron chi connectivity index (χ0n) is 24.5. The van der Waals surface area contributed by atoms with Crippen molar-refractivity contribution < 1.29 is 52.3 Å². The Bertz CT molecular complexity index is 1250. The molecule has 16 heteroatoms. The molecule has 6 N–H and O–H groups in total. The highest BCUT2D eigenvalue weighted by Crippen LogP contribution is 2.42. The van der Waals surface area contributed by atoms with Crippen molar-refractivity contribution in [1.82, 2.24) is 20.9 Å². The zero-order chi connectivity index (χ0) is 31.8. The van der Waals surface area contributed by atoms with Crippen LogP contribution < -0.4 is 16.0 Å².